The molecule has 0 radical (unpaired) electrons. The summed E-state index contributed by atoms with van der Waals surface area (Å²) in [5, 5.41) is -3.15. The molecule has 0 aromatic heterocycles. The number of ether oxygens (including phenoxy) is 3. The van der Waals surface area contributed by atoms with Gasteiger partial charge >= 0.3 is 35.2 Å². The third-order valence-corrected chi connectivity index (χ3v) is 5.73. The van der Waals surface area contributed by atoms with E-state index < -0.39 is 84.4 Å². The van der Waals surface area contributed by atoms with E-state index >= 15 is 0 Å². The van der Waals surface area contributed by atoms with Crippen LogP contribution in [0.4, 0.5) is 35.5 Å². The lowest BCUT2D eigenvalue weighted by Gasteiger charge is -2.33. The Morgan fingerprint density at radius 3 is 2.06 bits per heavy atom. The van der Waals surface area contributed by atoms with Gasteiger partial charge in [-0.1, -0.05) is 19.3 Å². The normalized spacial score (nSPS) is 17.8. The van der Waals surface area contributed by atoms with Crippen molar-refractivity contribution < 1.29 is 63.0 Å². The van der Waals surface area contributed by atoms with E-state index in [-0.39, 0.29) is 0 Å². The second-order valence-corrected chi connectivity index (χ2v) is 8.59. The highest BCUT2D eigenvalue weighted by molar-refractivity contribution is 7.73. The maximum Gasteiger partial charge on any atom is 0.468 e. The molecule has 0 spiro atoms. The number of alkyl halides is 7. The van der Waals surface area contributed by atoms with Crippen LogP contribution in [-0.4, -0.2) is 62.9 Å². The topological polar surface area (TPSA) is 108 Å². The summed E-state index contributed by atoms with van der Waals surface area (Å²) in [5.74, 6) is -11.3. The van der Waals surface area contributed by atoms with Crippen LogP contribution in [0.2, 0.25) is 0 Å². The number of thiol groups is 1. The lowest BCUT2D eigenvalue weighted by molar-refractivity contribution is -0.350. The number of alkyl carbamates (subject to hydrolysis) is 1. The Morgan fingerprint density at radius 2 is 1.56 bits per heavy atom. The summed E-state index contributed by atoms with van der Waals surface area (Å²) in [6, 6.07) is -0.495. The molecule has 1 fully saturated rings. The van der Waals surface area contributed by atoms with Crippen LogP contribution in [0.1, 0.15) is 58.3 Å². The van der Waals surface area contributed by atoms with Crippen molar-refractivity contribution in [1.82, 2.24) is 5.32 Å². The average molecular weight is 533 g/mol. The summed E-state index contributed by atoms with van der Waals surface area (Å²) in [7, 11) is -4.81. The molecule has 0 heterocycles. The Kier molecular flexibility index (Phi) is 10.9. The van der Waals surface area contributed by atoms with Crippen LogP contribution in [0.25, 0.3) is 0 Å². The van der Waals surface area contributed by atoms with Crippen LogP contribution in [0, 0.1) is 0 Å². The van der Waals surface area contributed by atoms with Crippen LogP contribution in [0.15, 0.2) is 0 Å². The quantitative estimate of drug-likeness (QED) is 0.129. The van der Waals surface area contributed by atoms with E-state index in [4.69, 9.17) is 0 Å². The zero-order valence-corrected chi connectivity index (χ0v) is 19.0. The molecular weight excluding hydrogens is 507 g/mol. The highest BCUT2D eigenvalue weighted by atomic mass is 32.2. The van der Waals surface area contributed by atoms with Gasteiger partial charge in [-0.05, 0) is 32.6 Å². The van der Waals surface area contributed by atoms with E-state index in [0.29, 0.717) is 25.7 Å². The van der Waals surface area contributed by atoms with E-state index in [1.165, 1.54) is 6.92 Å². The van der Waals surface area contributed by atoms with Crippen LogP contribution in [0.5, 0.6) is 0 Å². The number of esters is 1. The molecule has 1 aliphatic rings. The molecule has 0 bridgehead atoms. The Hall–Kier alpha value is -1.84. The SMILES string of the molecule is CCOC(=O)C(OCCCCC(F)(F)C(F)(F)[SH](=O)=O)(OC(=O)NC1CCCCC1)C(F)(F)F. The fourth-order valence-corrected chi connectivity index (χ4v) is 3.51. The molecule has 16 heteroatoms. The number of unbranched alkanes of at least 4 members (excludes halogenated alkanes) is 1. The van der Waals surface area contributed by atoms with Crippen LogP contribution < -0.4 is 5.32 Å². The van der Waals surface area contributed by atoms with Crippen molar-refractivity contribution in [3.8, 4) is 0 Å². The molecule has 8 nitrogen and oxygen atoms in total. The highest BCUT2D eigenvalue weighted by Crippen LogP contribution is 2.40. The first-order chi connectivity index (χ1) is 15.6. The summed E-state index contributed by atoms with van der Waals surface area (Å²) in [5.41, 5.74) is 0. The van der Waals surface area contributed by atoms with Crippen LogP contribution in [-0.2, 0) is 29.7 Å². The molecule has 1 amide bonds. The molecule has 1 rings (SSSR count). The van der Waals surface area contributed by atoms with Gasteiger partial charge in [0.25, 0.3) is 0 Å². The molecule has 34 heavy (non-hydrogen) atoms. The molecule has 0 aliphatic heterocycles. The molecule has 1 saturated carbocycles. The fourth-order valence-electron chi connectivity index (χ4n) is 3.13. The molecule has 0 saturated heterocycles. The zero-order valence-electron chi connectivity index (χ0n) is 18.1. The lowest BCUT2D eigenvalue weighted by atomic mass is 9.96. The average Bonchev–Trinajstić information content (AvgIpc) is 2.72. The summed E-state index contributed by atoms with van der Waals surface area (Å²) < 4.78 is 128. The Bertz CT molecular complexity index is 762. The lowest BCUT2D eigenvalue weighted by Crippen LogP contribution is -2.59. The van der Waals surface area contributed by atoms with Gasteiger partial charge in [0.05, 0.1) is 13.2 Å². The first-order valence-corrected chi connectivity index (χ1v) is 11.6. The third-order valence-electron chi connectivity index (χ3n) is 4.94. The van der Waals surface area contributed by atoms with Crippen molar-refractivity contribution in [3.05, 3.63) is 0 Å². The van der Waals surface area contributed by atoms with Crippen molar-refractivity contribution in [2.75, 3.05) is 13.2 Å². The number of amides is 1. The fraction of sp³-hybridized carbons (Fsp3) is 0.889. The molecule has 0 aromatic rings. The smallest absolute Gasteiger partial charge is 0.461 e. The number of rotatable bonds is 12. The monoisotopic (exact) mass is 533 g/mol. The van der Waals surface area contributed by atoms with E-state index in [2.05, 4.69) is 19.5 Å². The molecule has 200 valence electrons. The van der Waals surface area contributed by atoms with E-state index in [1.54, 1.807) is 0 Å². The van der Waals surface area contributed by atoms with Gasteiger partial charge in [-0.25, -0.2) is 18.0 Å². The van der Waals surface area contributed by atoms with E-state index in [9.17, 15) is 48.7 Å². The second kappa shape index (κ2) is 12.2. The maximum absolute atomic E-state index is 13.8. The van der Waals surface area contributed by atoms with E-state index in [0.717, 1.165) is 6.42 Å². The summed E-state index contributed by atoms with van der Waals surface area (Å²) in [6.45, 7) is -0.521. The Balaban J connectivity index is 2.90. The maximum atomic E-state index is 13.8. The van der Waals surface area contributed by atoms with Gasteiger partial charge in [-0.15, -0.1) is 0 Å². The van der Waals surface area contributed by atoms with Gasteiger partial charge in [0, 0.05) is 12.5 Å². The molecule has 0 aromatic carbocycles. The number of hydrogen-bond donors (Lipinski definition) is 2. The van der Waals surface area contributed by atoms with Gasteiger partial charge in [0.15, 0.2) is 0 Å². The number of carbonyl (C=O) groups is 2. The number of nitrogens with one attached hydrogen (secondary N) is 1. The number of halogens is 7. The summed E-state index contributed by atoms with van der Waals surface area (Å²) in [6.07, 6.45) is -7.37. The molecule has 1 aliphatic carbocycles. The predicted molar refractivity (Wildman–Crippen MR) is 102 cm³/mol. The van der Waals surface area contributed by atoms with Crippen molar-refractivity contribution >= 4 is 22.8 Å². The Morgan fingerprint density at radius 1 is 0.971 bits per heavy atom. The zero-order chi connectivity index (χ0) is 26.2. The minimum atomic E-state index is -5.65. The van der Waals surface area contributed by atoms with Crippen molar-refractivity contribution in [2.45, 2.75) is 87.5 Å². The molecule has 1 N–H and O–H groups in total. The molecule has 1 unspecified atom stereocenters. The second-order valence-electron chi connectivity index (χ2n) is 7.51. The van der Waals surface area contributed by atoms with Crippen LogP contribution in [0.3, 0.4) is 0 Å². The number of hydrogen-bond acceptors (Lipinski definition) is 7. The van der Waals surface area contributed by atoms with Gasteiger partial charge < -0.3 is 19.5 Å². The van der Waals surface area contributed by atoms with Gasteiger partial charge in [-0.3, -0.25) is 0 Å². The third kappa shape index (κ3) is 7.58. The van der Waals surface area contributed by atoms with Crippen molar-refractivity contribution in [3.63, 3.8) is 0 Å². The molecule has 1 atom stereocenters. The first kappa shape index (κ1) is 30.2. The van der Waals surface area contributed by atoms with Crippen molar-refractivity contribution in [2.24, 2.45) is 0 Å². The first-order valence-electron chi connectivity index (χ1n) is 10.4. The van der Waals surface area contributed by atoms with E-state index in [1.807, 2.05) is 0 Å². The molecular formula is C18H26F7NO7S. The van der Waals surface area contributed by atoms with Gasteiger partial charge in [0.2, 0.25) is 10.7 Å². The van der Waals surface area contributed by atoms with Gasteiger partial charge in [-0.2, -0.15) is 30.7 Å². The largest absolute Gasteiger partial charge is 0.468 e. The summed E-state index contributed by atoms with van der Waals surface area (Å²) in [4.78, 5) is 24.2. The number of carbonyl (C=O) groups excluding carboxylic acids is 2. The predicted octanol–water partition coefficient (Wildman–Crippen LogP) is 3.89. The minimum absolute atomic E-state index is 0.474. The van der Waals surface area contributed by atoms with Gasteiger partial charge in [0.1, 0.15) is 0 Å². The Labute approximate surface area is 192 Å². The van der Waals surface area contributed by atoms with Crippen LogP contribution >= 0.6 is 0 Å². The summed E-state index contributed by atoms with van der Waals surface area (Å²) >= 11 is 0. The minimum Gasteiger partial charge on any atom is -0.461 e. The highest BCUT2D eigenvalue weighted by Gasteiger charge is 2.68. The standard InChI is InChI=1S/C18H26F7NO7S/c1-2-31-13(27)16(17(21,22)23,33-14(28)26-12-8-4-3-5-9-12)32-11-7-6-10-15(19,20)18(24,25)34(29)30/h12,34H,2-11H2,1H3,(H,26,28). The van der Waals surface area contributed by atoms with Crippen molar-refractivity contribution in [1.29, 1.82) is 0 Å².